The van der Waals surface area contributed by atoms with E-state index in [1.807, 2.05) is 13.0 Å². The van der Waals surface area contributed by atoms with E-state index in [0.717, 1.165) is 60.8 Å². The van der Waals surface area contributed by atoms with Crippen LogP contribution in [0.15, 0.2) is 36.4 Å². The maximum absolute atomic E-state index is 12.3. The lowest BCUT2D eigenvalue weighted by atomic mass is 9.95. The Morgan fingerprint density at radius 2 is 1.96 bits per heavy atom. The summed E-state index contributed by atoms with van der Waals surface area (Å²) in [5.41, 5.74) is 1.21. The summed E-state index contributed by atoms with van der Waals surface area (Å²) in [6.07, 6.45) is 2.72. The van der Waals surface area contributed by atoms with Crippen LogP contribution in [0.2, 0.25) is 0 Å². The number of piperidine rings is 1. The summed E-state index contributed by atoms with van der Waals surface area (Å²) in [6, 6.07) is 12.6. The Hall–Kier alpha value is -2.47. The van der Waals surface area contributed by atoms with Gasteiger partial charge in [-0.3, -0.25) is 4.79 Å². The van der Waals surface area contributed by atoms with Gasteiger partial charge in [0.15, 0.2) is 0 Å². The van der Waals surface area contributed by atoms with Crippen molar-refractivity contribution in [2.45, 2.75) is 33.1 Å². The van der Waals surface area contributed by atoms with E-state index >= 15 is 0 Å². The lowest BCUT2D eigenvalue weighted by Crippen LogP contribution is -2.41. The van der Waals surface area contributed by atoms with Crippen molar-refractivity contribution in [3.05, 3.63) is 42.2 Å². The summed E-state index contributed by atoms with van der Waals surface area (Å²) < 4.78 is 0. The Balaban J connectivity index is 1.57. The van der Waals surface area contributed by atoms with Crippen LogP contribution in [0.5, 0.6) is 0 Å². The molecule has 0 saturated carbocycles. The molecule has 4 rings (SSSR count). The fourth-order valence-electron chi connectivity index (χ4n) is 3.74. The first-order valence-corrected chi connectivity index (χ1v) is 10.8. The van der Waals surface area contributed by atoms with Crippen LogP contribution in [-0.4, -0.2) is 35.5 Å². The van der Waals surface area contributed by atoms with Crippen LogP contribution in [0.1, 0.15) is 32.0 Å². The first kappa shape index (κ1) is 18.9. The Morgan fingerprint density at radius 1 is 1.21 bits per heavy atom. The molecule has 5 nitrogen and oxygen atoms in total. The lowest BCUT2D eigenvalue weighted by molar-refractivity contribution is -0.125. The highest BCUT2D eigenvalue weighted by Gasteiger charge is 2.27. The third-order valence-electron chi connectivity index (χ3n) is 5.26. The largest absolute Gasteiger partial charge is 0.356 e. The fraction of sp³-hybridized carbons (Fsp3) is 0.409. The molecule has 1 fully saturated rings. The minimum absolute atomic E-state index is 0.114. The van der Waals surface area contributed by atoms with Crippen LogP contribution in [0.4, 0.5) is 5.82 Å². The number of nitrogens with one attached hydrogen (secondary N) is 1. The zero-order valence-electron chi connectivity index (χ0n) is 16.4. The normalized spacial score (nSPS) is 15.1. The second kappa shape index (κ2) is 8.27. The molecular weight excluding hydrogens is 368 g/mol. The highest BCUT2D eigenvalue weighted by molar-refractivity contribution is 7.21. The molecule has 0 bridgehead atoms. The fourth-order valence-corrected chi connectivity index (χ4v) is 4.82. The number of carbonyl (C=O) groups excluding carboxylic acids is 1. The molecule has 1 amide bonds. The second-order valence-electron chi connectivity index (χ2n) is 7.34. The van der Waals surface area contributed by atoms with Crippen LogP contribution in [0.3, 0.4) is 0 Å². The van der Waals surface area contributed by atoms with Crippen LogP contribution >= 0.6 is 11.3 Å². The second-order valence-corrected chi connectivity index (χ2v) is 8.37. The van der Waals surface area contributed by atoms with Gasteiger partial charge in [-0.25, -0.2) is 9.97 Å². The third-order valence-corrected chi connectivity index (χ3v) is 6.34. The van der Waals surface area contributed by atoms with E-state index in [4.69, 9.17) is 4.98 Å². The molecule has 0 unspecified atom stereocenters. The summed E-state index contributed by atoms with van der Waals surface area (Å²) >= 11 is 1.72. The van der Waals surface area contributed by atoms with Gasteiger partial charge < -0.3 is 10.2 Å². The first-order chi connectivity index (χ1) is 13.7. The van der Waals surface area contributed by atoms with E-state index in [1.54, 1.807) is 11.3 Å². The van der Waals surface area contributed by atoms with Crippen molar-refractivity contribution in [2.75, 3.05) is 24.5 Å². The van der Waals surface area contributed by atoms with E-state index in [1.165, 1.54) is 10.4 Å². The molecule has 1 aliphatic heterocycles. The predicted octanol–water partition coefficient (Wildman–Crippen LogP) is 4.41. The van der Waals surface area contributed by atoms with Crippen LogP contribution < -0.4 is 10.2 Å². The molecule has 1 aromatic carbocycles. The number of aryl methyl sites for hydroxylation is 1. The summed E-state index contributed by atoms with van der Waals surface area (Å²) in [4.78, 5) is 26.3. The van der Waals surface area contributed by atoms with Gasteiger partial charge in [0.1, 0.15) is 16.5 Å². The quantitative estimate of drug-likeness (QED) is 0.696. The number of anilines is 1. The lowest BCUT2D eigenvalue weighted by Gasteiger charge is -2.32. The molecule has 0 radical (unpaired) electrons. The van der Waals surface area contributed by atoms with Gasteiger partial charge in [0.2, 0.25) is 5.91 Å². The molecular formula is C22H26N4OS. The minimum Gasteiger partial charge on any atom is -0.356 e. The van der Waals surface area contributed by atoms with Gasteiger partial charge >= 0.3 is 0 Å². The summed E-state index contributed by atoms with van der Waals surface area (Å²) in [7, 11) is 0. The van der Waals surface area contributed by atoms with Crippen molar-refractivity contribution < 1.29 is 4.79 Å². The summed E-state index contributed by atoms with van der Waals surface area (Å²) in [5.74, 6) is 2.12. The molecule has 1 N–H and O–H groups in total. The molecule has 1 aliphatic rings. The minimum atomic E-state index is 0.114. The van der Waals surface area contributed by atoms with Crippen molar-refractivity contribution in [2.24, 2.45) is 5.92 Å². The van der Waals surface area contributed by atoms with Gasteiger partial charge in [0.05, 0.1) is 5.39 Å². The molecule has 3 heterocycles. The molecule has 146 valence electrons. The van der Waals surface area contributed by atoms with Crippen LogP contribution in [0, 0.1) is 12.8 Å². The molecule has 0 atom stereocenters. The smallest absolute Gasteiger partial charge is 0.223 e. The molecule has 2 aromatic heterocycles. The van der Waals surface area contributed by atoms with Crippen LogP contribution in [0.25, 0.3) is 20.7 Å². The van der Waals surface area contributed by atoms with E-state index in [-0.39, 0.29) is 11.8 Å². The number of fused-ring (bicyclic) bond motifs is 1. The van der Waals surface area contributed by atoms with E-state index in [0.29, 0.717) is 0 Å². The number of rotatable bonds is 5. The number of hydrogen-bond acceptors (Lipinski definition) is 5. The molecule has 6 heteroatoms. The standard InChI is InChI=1S/C22H26N4OS/c1-3-11-23-21(27)17-9-12-26(13-10-17)20-18-14-19(16-7-5-4-6-8-16)28-22(18)25-15(2)24-20/h4-8,14,17H,3,9-13H2,1-2H3,(H,23,27). The molecule has 0 spiro atoms. The number of benzene rings is 1. The summed E-state index contributed by atoms with van der Waals surface area (Å²) in [6.45, 7) is 6.51. The predicted molar refractivity (Wildman–Crippen MR) is 116 cm³/mol. The average molecular weight is 395 g/mol. The highest BCUT2D eigenvalue weighted by Crippen LogP contribution is 2.37. The number of carbonyl (C=O) groups is 1. The Kier molecular flexibility index (Phi) is 5.57. The topological polar surface area (TPSA) is 58.1 Å². The zero-order valence-corrected chi connectivity index (χ0v) is 17.3. The van der Waals surface area contributed by atoms with Gasteiger partial charge in [-0.05, 0) is 37.8 Å². The van der Waals surface area contributed by atoms with Gasteiger partial charge in [-0.15, -0.1) is 11.3 Å². The van der Waals surface area contributed by atoms with Crippen molar-refractivity contribution in [3.63, 3.8) is 0 Å². The number of thiophene rings is 1. The average Bonchev–Trinajstić information content (AvgIpc) is 3.16. The monoisotopic (exact) mass is 394 g/mol. The number of hydrogen-bond donors (Lipinski definition) is 1. The van der Waals surface area contributed by atoms with Gasteiger partial charge in [-0.2, -0.15) is 0 Å². The maximum Gasteiger partial charge on any atom is 0.223 e. The highest BCUT2D eigenvalue weighted by atomic mass is 32.1. The SMILES string of the molecule is CCCNC(=O)C1CCN(c2nc(C)nc3sc(-c4ccccc4)cc23)CC1. The van der Waals surface area contributed by atoms with Crippen LogP contribution in [-0.2, 0) is 4.79 Å². The number of nitrogens with zero attached hydrogens (tertiary/aromatic N) is 3. The van der Waals surface area contributed by atoms with Crippen molar-refractivity contribution in [1.82, 2.24) is 15.3 Å². The molecule has 1 saturated heterocycles. The van der Waals surface area contributed by atoms with Crippen molar-refractivity contribution in [3.8, 4) is 10.4 Å². The number of aromatic nitrogens is 2. The Labute approximate surface area is 169 Å². The summed E-state index contributed by atoms with van der Waals surface area (Å²) in [5, 5.41) is 4.15. The maximum atomic E-state index is 12.3. The number of amides is 1. The first-order valence-electron chi connectivity index (χ1n) is 10.0. The van der Waals surface area contributed by atoms with E-state index in [9.17, 15) is 4.79 Å². The molecule has 3 aromatic rings. The third kappa shape index (κ3) is 3.87. The van der Waals surface area contributed by atoms with Crippen molar-refractivity contribution >= 4 is 33.3 Å². The van der Waals surface area contributed by atoms with Crippen molar-refractivity contribution in [1.29, 1.82) is 0 Å². The van der Waals surface area contributed by atoms with Gasteiger partial charge in [0, 0.05) is 30.4 Å². The Bertz CT molecular complexity index is 961. The Morgan fingerprint density at radius 3 is 2.68 bits per heavy atom. The van der Waals surface area contributed by atoms with E-state index < -0.39 is 0 Å². The molecule has 0 aliphatic carbocycles. The van der Waals surface area contributed by atoms with Gasteiger partial charge in [-0.1, -0.05) is 37.3 Å². The van der Waals surface area contributed by atoms with E-state index in [2.05, 4.69) is 52.5 Å². The van der Waals surface area contributed by atoms with Gasteiger partial charge in [0.25, 0.3) is 0 Å². The zero-order chi connectivity index (χ0) is 19.5. The molecule has 28 heavy (non-hydrogen) atoms.